The first kappa shape index (κ1) is 21.0. The molecule has 0 fully saturated rings. The first-order valence-corrected chi connectivity index (χ1v) is 11.7. The zero-order valence-corrected chi connectivity index (χ0v) is 17.9. The summed E-state index contributed by atoms with van der Waals surface area (Å²) < 4.78 is 25.4. The van der Waals surface area contributed by atoms with E-state index in [1.165, 1.54) is 23.1 Å². The van der Waals surface area contributed by atoms with Crippen LogP contribution in [0.1, 0.15) is 5.56 Å². The first-order chi connectivity index (χ1) is 13.5. The molecule has 0 radical (unpaired) electrons. The Kier molecular flexibility index (Phi) is 7.65. The number of amides is 1. The van der Waals surface area contributed by atoms with Crippen molar-refractivity contribution in [3.05, 3.63) is 46.7 Å². The van der Waals surface area contributed by atoms with Crippen molar-refractivity contribution in [1.29, 1.82) is 0 Å². The van der Waals surface area contributed by atoms with Crippen molar-refractivity contribution in [2.75, 3.05) is 18.1 Å². The summed E-state index contributed by atoms with van der Waals surface area (Å²) in [5, 5.41) is 15.8. The summed E-state index contributed by atoms with van der Waals surface area (Å²) in [7, 11) is 1.78. The van der Waals surface area contributed by atoms with Gasteiger partial charge in [0.15, 0.2) is 4.34 Å². The third-order valence-corrected chi connectivity index (χ3v) is 6.89. The average Bonchev–Trinajstić information content (AvgIpc) is 3.33. The van der Waals surface area contributed by atoms with Gasteiger partial charge in [0.1, 0.15) is 0 Å². The van der Waals surface area contributed by atoms with E-state index < -0.39 is 5.76 Å². The summed E-state index contributed by atoms with van der Waals surface area (Å²) in [6, 6.07) is 8.67. The van der Waals surface area contributed by atoms with E-state index in [9.17, 15) is 13.6 Å². The summed E-state index contributed by atoms with van der Waals surface area (Å²) in [6.07, 6.45) is 0. The van der Waals surface area contributed by atoms with Crippen LogP contribution >= 0.6 is 46.2 Å². The molecule has 0 bridgehead atoms. The van der Waals surface area contributed by atoms with Crippen molar-refractivity contribution in [3.8, 4) is 0 Å². The Balaban J connectivity index is 1.48. The van der Waals surface area contributed by atoms with E-state index in [2.05, 4.69) is 15.5 Å². The largest absolute Gasteiger partial charge is 0.341 e. The summed E-state index contributed by atoms with van der Waals surface area (Å²) >= 11 is 4.79. The number of hydrogen-bond acceptors (Lipinski definition) is 8. The number of benzene rings is 1. The summed E-state index contributed by atoms with van der Waals surface area (Å²) in [4.78, 5) is 14.4. The van der Waals surface area contributed by atoms with Gasteiger partial charge in [-0.25, -0.2) is 0 Å². The standard InChI is InChI=1S/C17H16F2N4OS4/c1-23(8-11-6-7-25-9-11)14(24)10-26-17-22-21-16(28-17)20-12-2-4-13(5-3-12)27-15(18)19/h2-7,9,15H,8,10H2,1H3,(H,20,21). The molecule has 0 unspecified atom stereocenters. The van der Waals surface area contributed by atoms with Crippen LogP contribution in [-0.4, -0.2) is 39.6 Å². The van der Waals surface area contributed by atoms with Crippen molar-refractivity contribution in [2.24, 2.45) is 0 Å². The monoisotopic (exact) mass is 458 g/mol. The van der Waals surface area contributed by atoms with Gasteiger partial charge < -0.3 is 10.2 Å². The Morgan fingerprint density at radius 2 is 2.04 bits per heavy atom. The third kappa shape index (κ3) is 6.43. The van der Waals surface area contributed by atoms with Crippen molar-refractivity contribution in [1.82, 2.24) is 15.1 Å². The molecule has 3 rings (SSSR count). The highest BCUT2D eigenvalue weighted by Crippen LogP contribution is 2.30. The summed E-state index contributed by atoms with van der Waals surface area (Å²) in [6.45, 7) is 0.589. The molecule has 11 heteroatoms. The van der Waals surface area contributed by atoms with Crippen LogP contribution in [-0.2, 0) is 11.3 Å². The van der Waals surface area contributed by atoms with Crippen molar-refractivity contribution < 1.29 is 13.6 Å². The number of anilines is 2. The molecule has 0 aliphatic carbocycles. The quantitative estimate of drug-likeness (QED) is 0.433. The lowest BCUT2D eigenvalue weighted by Gasteiger charge is -2.15. The van der Waals surface area contributed by atoms with Crippen LogP contribution in [0.5, 0.6) is 0 Å². The molecular formula is C17H16F2N4OS4. The molecule has 1 amide bonds. The van der Waals surface area contributed by atoms with Crippen LogP contribution in [0, 0.1) is 0 Å². The Hall–Kier alpha value is -1.69. The SMILES string of the molecule is CN(Cc1ccsc1)C(=O)CSc1nnc(Nc2ccc(SC(F)F)cc2)s1. The molecule has 0 saturated heterocycles. The maximum atomic E-state index is 12.3. The molecule has 0 saturated carbocycles. The number of thiophene rings is 1. The molecule has 1 aromatic carbocycles. The van der Waals surface area contributed by atoms with Gasteiger partial charge in [0, 0.05) is 24.2 Å². The molecule has 0 atom stereocenters. The molecule has 0 aliphatic heterocycles. The molecule has 2 aromatic heterocycles. The van der Waals surface area contributed by atoms with Gasteiger partial charge in [-0.2, -0.15) is 20.1 Å². The highest BCUT2D eigenvalue weighted by atomic mass is 32.2. The number of nitrogens with one attached hydrogen (secondary N) is 1. The highest BCUT2D eigenvalue weighted by Gasteiger charge is 2.13. The first-order valence-electron chi connectivity index (χ1n) is 8.03. The molecule has 148 valence electrons. The van der Waals surface area contributed by atoms with Crippen LogP contribution in [0.3, 0.4) is 0 Å². The minimum absolute atomic E-state index is 0.0213. The molecule has 1 N–H and O–H groups in total. The maximum absolute atomic E-state index is 12.3. The third-order valence-electron chi connectivity index (χ3n) is 3.48. The number of carbonyl (C=O) groups excluding carboxylic acids is 1. The lowest BCUT2D eigenvalue weighted by atomic mass is 10.3. The number of carbonyl (C=O) groups is 1. The fraction of sp³-hybridized carbons (Fsp3) is 0.235. The zero-order valence-electron chi connectivity index (χ0n) is 14.7. The molecule has 2 heterocycles. The van der Waals surface area contributed by atoms with E-state index in [0.717, 1.165) is 11.3 Å². The van der Waals surface area contributed by atoms with Gasteiger partial charge in [0.25, 0.3) is 5.76 Å². The number of hydrogen-bond donors (Lipinski definition) is 1. The van der Waals surface area contributed by atoms with Crippen LogP contribution in [0.25, 0.3) is 0 Å². The van der Waals surface area contributed by atoms with Gasteiger partial charge in [-0.05, 0) is 46.7 Å². The van der Waals surface area contributed by atoms with E-state index in [1.807, 2.05) is 16.8 Å². The topological polar surface area (TPSA) is 58.1 Å². The number of alkyl halides is 2. The van der Waals surface area contributed by atoms with E-state index >= 15 is 0 Å². The highest BCUT2D eigenvalue weighted by molar-refractivity contribution is 8.01. The molecule has 3 aromatic rings. The second kappa shape index (κ2) is 10.2. The summed E-state index contributed by atoms with van der Waals surface area (Å²) in [5.74, 6) is -2.13. The Morgan fingerprint density at radius 1 is 1.25 bits per heavy atom. The van der Waals surface area contributed by atoms with Crippen LogP contribution in [0.2, 0.25) is 0 Å². The number of rotatable bonds is 9. The van der Waals surface area contributed by atoms with E-state index in [1.54, 1.807) is 47.5 Å². The Bertz CT molecular complexity index is 887. The van der Waals surface area contributed by atoms with Gasteiger partial charge in [-0.3, -0.25) is 4.79 Å². The molecular weight excluding hydrogens is 442 g/mol. The normalized spacial score (nSPS) is 11.0. The van der Waals surface area contributed by atoms with Crippen molar-refractivity contribution in [2.45, 2.75) is 21.5 Å². The van der Waals surface area contributed by atoms with Crippen molar-refractivity contribution in [3.63, 3.8) is 0 Å². The van der Waals surface area contributed by atoms with Gasteiger partial charge in [0.05, 0.1) is 5.75 Å². The molecule has 5 nitrogen and oxygen atoms in total. The average molecular weight is 459 g/mol. The van der Waals surface area contributed by atoms with E-state index in [-0.39, 0.29) is 11.7 Å². The second-order valence-electron chi connectivity index (χ2n) is 5.57. The summed E-state index contributed by atoms with van der Waals surface area (Å²) in [5.41, 5.74) is 1.85. The Labute approximate surface area is 177 Å². The predicted molar refractivity (Wildman–Crippen MR) is 113 cm³/mol. The smallest absolute Gasteiger partial charge is 0.288 e. The van der Waals surface area contributed by atoms with Crippen LogP contribution in [0.15, 0.2) is 50.3 Å². The van der Waals surface area contributed by atoms with Gasteiger partial charge >= 0.3 is 0 Å². The number of nitrogens with zero attached hydrogens (tertiary/aromatic N) is 3. The van der Waals surface area contributed by atoms with Crippen LogP contribution in [0.4, 0.5) is 19.6 Å². The fourth-order valence-corrected chi connectivity index (χ4v) is 5.01. The number of aromatic nitrogens is 2. The number of halogens is 2. The molecule has 0 spiro atoms. The van der Waals surface area contributed by atoms with Gasteiger partial charge in [0.2, 0.25) is 11.0 Å². The van der Waals surface area contributed by atoms with E-state index in [0.29, 0.717) is 32.7 Å². The second-order valence-corrected chi connectivity index (χ2v) is 9.61. The molecule has 0 aliphatic rings. The predicted octanol–water partition coefficient (Wildman–Crippen LogP) is 5.41. The fourth-order valence-electron chi connectivity index (χ4n) is 2.14. The molecule has 28 heavy (non-hydrogen) atoms. The zero-order chi connectivity index (χ0) is 19.9. The maximum Gasteiger partial charge on any atom is 0.288 e. The Morgan fingerprint density at radius 3 is 2.71 bits per heavy atom. The number of thioether (sulfide) groups is 2. The van der Waals surface area contributed by atoms with E-state index in [4.69, 9.17) is 0 Å². The minimum atomic E-state index is -2.44. The van der Waals surface area contributed by atoms with Crippen LogP contribution < -0.4 is 5.32 Å². The van der Waals surface area contributed by atoms with Gasteiger partial charge in [-0.1, -0.05) is 34.9 Å². The lowest BCUT2D eigenvalue weighted by Crippen LogP contribution is -2.27. The lowest BCUT2D eigenvalue weighted by molar-refractivity contribution is -0.127. The van der Waals surface area contributed by atoms with Crippen molar-refractivity contribution >= 4 is 62.9 Å². The van der Waals surface area contributed by atoms with Gasteiger partial charge in [-0.15, -0.1) is 10.2 Å². The minimum Gasteiger partial charge on any atom is -0.341 e.